The molecule has 2 aromatic heterocycles. The first-order chi connectivity index (χ1) is 26.0. The second-order valence-electron chi connectivity index (χ2n) is 11.7. The van der Waals surface area contributed by atoms with Crippen LogP contribution in [-0.2, 0) is 22.0 Å². The van der Waals surface area contributed by atoms with Crippen LogP contribution in [0.2, 0.25) is 0 Å². The molecule has 54 heavy (non-hydrogen) atoms. The molecular weight excluding hydrogens is 722 g/mol. The number of oxime groups is 2. The number of nitrogens with zero attached hydrogens (tertiary/aromatic N) is 8. The predicted molar refractivity (Wildman–Crippen MR) is 179 cm³/mol. The van der Waals surface area contributed by atoms with Crippen molar-refractivity contribution in [3.63, 3.8) is 0 Å². The molecular formula is C36H26F6N8O4. The first kappa shape index (κ1) is 35.7. The molecule has 0 amide bonds. The fourth-order valence-electron chi connectivity index (χ4n) is 5.32. The van der Waals surface area contributed by atoms with Crippen LogP contribution in [0, 0.1) is 0 Å². The van der Waals surface area contributed by atoms with Crippen molar-refractivity contribution in [1.82, 2.24) is 29.5 Å². The van der Waals surface area contributed by atoms with Crippen LogP contribution in [0.3, 0.4) is 0 Å². The molecule has 276 valence electrons. The highest BCUT2D eigenvalue weighted by Gasteiger charge is 2.32. The second kappa shape index (κ2) is 15.1. The van der Waals surface area contributed by atoms with Crippen LogP contribution >= 0.6 is 0 Å². The topological polar surface area (TPSA) is 123 Å². The molecule has 0 saturated carbocycles. The Balaban J connectivity index is 0.000000167. The molecule has 0 fully saturated rings. The van der Waals surface area contributed by atoms with E-state index in [-0.39, 0.29) is 0 Å². The van der Waals surface area contributed by atoms with Gasteiger partial charge in [0.05, 0.1) is 35.3 Å². The summed E-state index contributed by atoms with van der Waals surface area (Å²) in [5, 5.41) is 22.8. The molecule has 8 rings (SSSR count). The van der Waals surface area contributed by atoms with Crippen molar-refractivity contribution in [2.45, 2.75) is 37.4 Å². The first-order valence-electron chi connectivity index (χ1n) is 16.0. The molecule has 2 atom stereocenters. The molecule has 0 saturated heterocycles. The van der Waals surface area contributed by atoms with Crippen molar-refractivity contribution < 1.29 is 45.5 Å². The van der Waals surface area contributed by atoms with Gasteiger partial charge in [0.2, 0.25) is 11.8 Å². The Morgan fingerprint density at radius 3 is 1.24 bits per heavy atom. The van der Waals surface area contributed by atoms with Crippen molar-refractivity contribution in [3.8, 4) is 22.9 Å². The molecule has 12 nitrogen and oxygen atoms in total. The van der Waals surface area contributed by atoms with E-state index in [2.05, 4.69) is 30.7 Å². The average molecular weight is 749 g/mol. The molecule has 0 radical (unpaired) electrons. The van der Waals surface area contributed by atoms with Crippen molar-refractivity contribution in [2.75, 3.05) is 0 Å². The average Bonchev–Trinajstić information content (AvgIpc) is 4.01. The Bertz CT molecular complexity index is 2070. The Labute approximate surface area is 301 Å². The standard InChI is InChI=1S/2C18H13F3N4O2/c2*19-18(20,21)13-6-4-12(5-7-13)16-9-17(24-27-16)26-15-3-1-2-14(8-15)25-10-22-23-11-25/h2*1-8,10-11,16H,9H2/t2*16-/m10/s1. The number of rotatable bonds is 6. The van der Waals surface area contributed by atoms with Gasteiger partial charge in [-0.15, -0.1) is 20.4 Å². The minimum absolute atomic E-state index is 0.322. The molecule has 18 heteroatoms. The highest BCUT2D eigenvalue weighted by Crippen LogP contribution is 2.35. The lowest BCUT2D eigenvalue weighted by Crippen LogP contribution is -2.08. The smallest absolute Gasteiger partial charge is 0.416 e. The van der Waals surface area contributed by atoms with Crippen molar-refractivity contribution in [2.24, 2.45) is 10.3 Å². The van der Waals surface area contributed by atoms with Crippen LogP contribution < -0.4 is 9.47 Å². The Kier molecular flexibility index (Phi) is 9.97. The summed E-state index contributed by atoms with van der Waals surface area (Å²) in [5.74, 6) is 1.80. The van der Waals surface area contributed by atoms with Crippen LogP contribution in [0.4, 0.5) is 26.3 Å². The molecule has 4 aromatic carbocycles. The summed E-state index contributed by atoms with van der Waals surface area (Å²) in [7, 11) is 0. The molecule has 0 unspecified atom stereocenters. The predicted octanol–water partition coefficient (Wildman–Crippen LogP) is 8.28. The quantitative estimate of drug-likeness (QED) is 0.156. The maximum atomic E-state index is 12.7. The number of ether oxygens (including phenoxy) is 2. The Morgan fingerprint density at radius 1 is 0.519 bits per heavy atom. The molecule has 0 spiro atoms. The lowest BCUT2D eigenvalue weighted by Gasteiger charge is -2.11. The van der Waals surface area contributed by atoms with Crippen molar-refractivity contribution in [3.05, 3.63) is 145 Å². The van der Waals surface area contributed by atoms with Gasteiger partial charge < -0.3 is 19.1 Å². The van der Waals surface area contributed by atoms with E-state index >= 15 is 0 Å². The van der Waals surface area contributed by atoms with Gasteiger partial charge in [0.25, 0.3) is 0 Å². The number of halogens is 6. The number of hydrogen-bond acceptors (Lipinski definition) is 10. The van der Waals surface area contributed by atoms with Gasteiger partial charge >= 0.3 is 12.4 Å². The summed E-state index contributed by atoms with van der Waals surface area (Å²) < 4.78 is 90.8. The van der Waals surface area contributed by atoms with Gasteiger partial charge in [-0.3, -0.25) is 9.13 Å². The van der Waals surface area contributed by atoms with Gasteiger partial charge in [-0.05, 0) is 59.7 Å². The van der Waals surface area contributed by atoms with Gasteiger partial charge in [0.15, 0.2) is 12.2 Å². The van der Waals surface area contributed by atoms with E-state index < -0.39 is 35.7 Å². The van der Waals surface area contributed by atoms with E-state index in [0.29, 0.717) is 47.3 Å². The molecule has 0 bridgehead atoms. The van der Waals surface area contributed by atoms with Crippen LogP contribution in [0.15, 0.2) is 133 Å². The minimum Gasteiger partial charge on any atom is -0.440 e. The summed E-state index contributed by atoms with van der Waals surface area (Å²) in [6, 6.07) is 24.1. The Hall–Kier alpha value is -6.72. The van der Waals surface area contributed by atoms with Crippen LogP contribution in [0.1, 0.15) is 47.3 Å². The van der Waals surface area contributed by atoms with Gasteiger partial charge in [0, 0.05) is 12.1 Å². The van der Waals surface area contributed by atoms with E-state index in [1.54, 1.807) is 58.7 Å². The minimum atomic E-state index is -4.37. The number of alkyl halides is 6. The van der Waals surface area contributed by atoms with Crippen LogP contribution in [-0.4, -0.2) is 41.3 Å². The summed E-state index contributed by atoms with van der Waals surface area (Å²) >= 11 is 0. The van der Waals surface area contributed by atoms with E-state index in [4.69, 9.17) is 19.1 Å². The van der Waals surface area contributed by atoms with E-state index in [1.165, 1.54) is 24.3 Å². The summed E-state index contributed by atoms with van der Waals surface area (Å²) in [4.78, 5) is 10.6. The molecule has 0 aliphatic carbocycles. The van der Waals surface area contributed by atoms with Gasteiger partial charge in [-0.2, -0.15) is 26.3 Å². The third-order valence-electron chi connectivity index (χ3n) is 8.04. The normalized spacial score (nSPS) is 16.7. The molecule has 0 N–H and O–H groups in total. The molecule has 2 aliphatic rings. The number of aromatic nitrogens is 6. The number of hydrogen-bond donors (Lipinski definition) is 0. The highest BCUT2D eigenvalue weighted by atomic mass is 19.4. The summed E-state index contributed by atoms with van der Waals surface area (Å²) in [5.41, 5.74) is 1.43. The zero-order valence-electron chi connectivity index (χ0n) is 27.6. The third-order valence-corrected chi connectivity index (χ3v) is 8.04. The maximum absolute atomic E-state index is 12.7. The van der Waals surface area contributed by atoms with Crippen molar-refractivity contribution >= 4 is 11.8 Å². The molecule has 4 heterocycles. The fraction of sp³-hybridized carbons (Fsp3) is 0.167. The molecule has 6 aromatic rings. The van der Waals surface area contributed by atoms with Gasteiger partial charge in [-0.1, -0.05) is 46.7 Å². The summed E-state index contributed by atoms with van der Waals surface area (Å²) in [6.07, 6.45) is -2.79. The lowest BCUT2D eigenvalue weighted by atomic mass is 10.0. The highest BCUT2D eigenvalue weighted by molar-refractivity contribution is 5.80. The lowest BCUT2D eigenvalue weighted by molar-refractivity contribution is -0.138. The Morgan fingerprint density at radius 2 is 0.889 bits per heavy atom. The molecule has 2 aliphatic heterocycles. The van der Waals surface area contributed by atoms with Crippen LogP contribution in [0.5, 0.6) is 11.5 Å². The van der Waals surface area contributed by atoms with Crippen molar-refractivity contribution in [1.29, 1.82) is 0 Å². The van der Waals surface area contributed by atoms with E-state index in [0.717, 1.165) is 35.6 Å². The first-order valence-corrected chi connectivity index (χ1v) is 16.0. The van der Waals surface area contributed by atoms with E-state index in [9.17, 15) is 26.3 Å². The monoisotopic (exact) mass is 748 g/mol. The largest absolute Gasteiger partial charge is 0.440 e. The van der Waals surface area contributed by atoms with E-state index in [1.807, 2.05) is 24.3 Å². The van der Waals surface area contributed by atoms with Crippen LogP contribution in [0.25, 0.3) is 11.4 Å². The van der Waals surface area contributed by atoms with Gasteiger partial charge in [0.1, 0.15) is 36.8 Å². The maximum Gasteiger partial charge on any atom is 0.416 e. The number of benzene rings is 4. The zero-order valence-corrected chi connectivity index (χ0v) is 27.6. The third kappa shape index (κ3) is 8.66. The zero-order chi connectivity index (χ0) is 37.7. The summed E-state index contributed by atoms with van der Waals surface area (Å²) in [6.45, 7) is 0. The van der Waals surface area contributed by atoms with Gasteiger partial charge in [-0.25, -0.2) is 0 Å². The fourth-order valence-corrected chi connectivity index (χ4v) is 5.32. The second-order valence-corrected chi connectivity index (χ2v) is 11.7. The SMILES string of the molecule is FC(F)(F)c1ccc([C@@H]2CC(Oc3cccc(-n4cnnc4)c3)=NO2)cc1.FC(F)(F)c1ccc([C@H]2CC(Oc3cccc(-n4cnnc4)c3)=NO2)cc1.